The smallest absolute Gasteiger partial charge is 0.281 e. The van der Waals surface area contributed by atoms with E-state index < -0.39 is 0 Å². The third-order valence-corrected chi connectivity index (χ3v) is 5.35. The average Bonchev–Trinajstić information content (AvgIpc) is 2.92. The summed E-state index contributed by atoms with van der Waals surface area (Å²) in [4.78, 5) is 17.5. The van der Waals surface area contributed by atoms with Gasteiger partial charge in [-0.15, -0.1) is 0 Å². The van der Waals surface area contributed by atoms with Gasteiger partial charge in [-0.3, -0.25) is 4.79 Å². The number of ether oxygens (including phenoxy) is 1. The van der Waals surface area contributed by atoms with E-state index in [0.717, 1.165) is 14.7 Å². The lowest BCUT2D eigenvalue weighted by molar-refractivity contribution is 0.0997. The Bertz CT molecular complexity index is 965. The van der Waals surface area contributed by atoms with E-state index in [9.17, 15) is 4.79 Å². The zero-order valence-corrected chi connectivity index (χ0v) is 16.0. The Morgan fingerprint density at radius 3 is 2.92 bits per heavy atom. The summed E-state index contributed by atoms with van der Waals surface area (Å²) in [6.45, 7) is 1.17. The summed E-state index contributed by atoms with van der Waals surface area (Å²) in [5, 5.41) is 0.386. The van der Waals surface area contributed by atoms with Crippen molar-refractivity contribution < 1.29 is 9.53 Å². The molecule has 124 valence electrons. The van der Waals surface area contributed by atoms with Gasteiger partial charge in [0.05, 0.1) is 27.4 Å². The molecule has 0 fully saturated rings. The van der Waals surface area contributed by atoms with Gasteiger partial charge in [0.2, 0.25) is 0 Å². The molecule has 0 radical (unpaired) electrons. The quantitative estimate of drug-likeness (QED) is 0.617. The molecule has 0 saturated heterocycles. The maximum atomic E-state index is 12.6. The lowest BCUT2D eigenvalue weighted by Crippen LogP contribution is -2.19. The highest BCUT2D eigenvalue weighted by molar-refractivity contribution is 9.10. The van der Waals surface area contributed by atoms with Crippen LogP contribution in [0, 0.1) is 0 Å². The van der Waals surface area contributed by atoms with Crippen molar-refractivity contribution in [2.24, 2.45) is 4.99 Å². The number of nitrogens with zero attached hydrogens (tertiary/aromatic N) is 2. The van der Waals surface area contributed by atoms with Crippen molar-refractivity contribution in [3.8, 4) is 0 Å². The second-order valence-corrected chi connectivity index (χ2v) is 7.37. The van der Waals surface area contributed by atoms with E-state index in [-0.39, 0.29) is 5.91 Å². The summed E-state index contributed by atoms with van der Waals surface area (Å²) in [5.74, 6) is -0.362. The van der Waals surface area contributed by atoms with Crippen LogP contribution in [-0.2, 0) is 11.3 Å². The first-order valence-electron chi connectivity index (χ1n) is 7.21. The second kappa shape index (κ2) is 7.61. The third kappa shape index (κ3) is 3.62. The number of carbonyl (C=O) groups excluding carboxylic acids is 1. The summed E-state index contributed by atoms with van der Waals surface area (Å²) < 4.78 is 9.02. The molecule has 3 aromatic rings. The molecule has 3 rings (SSSR count). The average molecular weight is 426 g/mol. The van der Waals surface area contributed by atoms with E-state index in [2.05, 4.69) is 20.9 Å². The summed E-state index contributed by atoms with van der Waals surface area (Å²) in [6.07, 6.45) is 0. The molecule has 0 aliphatic heterocycles. The van der Waals surface area contributed by atoms with Gasteiger partial charge >= 0.3 is 0 Å². The number of amides is 1. The highest BCUT2D eigenvalue weighted by Crippen LogP contribution is 2.22. The summed E-state index contributed by atoms with van der Waals surface area (Å²) in [6, 6.07) is 13.1. The number of methoxy groups -OCH3 is 1. The fourth-order valence-electron chi connectivity index (χ4n) is 2.31. The van der Waals surface area contributed by atoms with Crippen LogP contribution in [0.2, 0.25) is 5.02 Å². The van der Waals surface area contributed by atoms with Gasteiger partial charge in [-0.25, -0.2) is 0 Å². The molecule has 1 amide bonds. The van der Waals surface area contributed by atoms with Crippen LogP contribution in [0.25, 0.3) is 10.2 Å². The van der Waals surface area contributed by atoms with Crippen molar-refractivity contribution in [2.45, 2.75) is 6.54 Å². The summed E-state index contributed by atoms with van der Waals surface area (Å²) in [5.41, 5.74) is 1.41. The van der Waals surface area contributed by atoms with Crippen LogP contribution >= 0.6 is 38.9 Å². The van der Waals surface area contributed by atoms with E-state index in [0.29, 0.717) is 28.5 Å². The lowest BCUT2D eigenvalue weighted by Gasteiger charge is -2.04. The minimum Gasteiger partial charge on any atom is -0.383 e. The molecule has 4 nitrogen and oxygen atoms in total. The highest BCUT2D eigenvalue weighted by Gasteiger charge is 2.12. The molecule has 0 spiro atoms. The number of fused-ring (bicyclic) bond motifs is 1. The van der Waals surface area contributed by atoms with Crippen LogP contribution in [0.4, 0.5) is 0 Å². The van der Waals surface area contributed by atoms with Gasteiger partial charge in [0.25, 0.3) is 5.91 Å². The Morgan fingerprint density at radius 2 is 2.12 bits per heavy atom. The van der Waals surface area contributed by atoms with E-state index in [4.69, 9.17) is 16.3 Å². The maximum absolute atomic E-state index is 12.6. The van der Waals surface area contributed by atoms with Crippen LogP contribution in [0.3, 0.4) is 0 Å². The zero-order chi connectivity index (χ0) is 17.1. The topological polar surface area (TPSA) is 43.6 Å². The number of hydrogen-bond donors (Lipinski definition) is 0. The SMILES string of the molecule is COCCn1c(=NC(=O)c2cc(Br)ccc2Cl)sc2ccccc21. The van der Waals surface area contributed by atoms with E-state index in [1.165, 1.54) is 11.3 Å². The number of aromatic nitrogens is 1. The summed E-state index contributed by atoms with van der Waals surface area (Å²) in [7, 11) is 1.65. The Balaban J connectivity index is 2.11. The molecule has 0 saturated carbocycles. The molecule has 1 aromatic heterocycles. The molecular formula is C17H14BrClN2O2S. The molecule has 0 unspecified atom stereocenters. The molecule has 2 aromatic carbocycles. The second-order valence-electron chi connectivity index (χ2n) is 5.04. The lowest BCUT2D eigenvalue weighted by atomic mass is 10.2. The largest absolute Gasteiger partial charge is 0.383 e. The van der Waals surface area contributed by atoms with Crippen LogP contribution in [0.1, 0.15) is 10.4 Å². The molecular weight excluding hydrogens is 412 g/mol. The van der Waals surface area contributed by atoms with Crippen molar-refractivity contribution in [3.63, 3.8) is 0 Å². The monoisotopic (exact) mass is 424 g/mol. The maximum Gasteiger partial charge on any atom is 0.281 e. The molecule has 0 aliphatic carbocycles. The molecule has 7 heteroatoms. The van der Waals surface area contributed by atoms with Crippen LogP contribution in [0.5, 0.6) is 0 Å². The minimum atomic E-state index is -0.362. The number of thiazole rings is 1. The van der Waals surface area contributed by atoms with Crippen LogP contribution in [0.15, 0.2) is 51.9 Å². The standard InChI is InChI=1S/C17H14BrClN2O2S/c1-23-9-8-21-14-4-2-3-5-15(14)24-17(21)20-16(22)12-10-11(18)6-7-13(12)19/h2-7,10H,8-9H2,1H3. The molecule has 0 atom stereocenters. The van der Waals surface area contributed by atoms with Gasteiger partial charge < -0.3 is 9.30 Å². The summed E-state index contributed by atoms with van der Waals surface area (Å²) >= 11 is 11.0. The molecule has 0 N–H and O–H groups in total. The van der Waals surface area contributed by atoms with E-state index in [1.807, 2.05) is 28.8 Å². The molecule has 1 heterocycles. The van der Waals surface area contributed by atoms with Crippen LogP contribution in [-0.4, -0.2) is 24.2 Å². The molecule has 0 bridgehead atoms. The van der Waals surface area contributed by atoms with Crippen molar-refractivity contribution >= 4 is 55.0 Å². The first-order valence-corrected chi connectivity index (χ1v) is 9.20. The number of rotatable bonds is 4. The minimum absolute atomic E-state index is 0.362. The zero-order valence-electron chi connectivity index (χ0n) is 12.8. The predicted molar refractivity (Wildman–Crippen MR) is 101 cm³/mol. The molecule has 24 heavy (non-hydrogen) atoms. The van der Waals surface area contributed by atoms with Gasteiger partial charge in [-0.1, -0.05) is 51.0 Å². The van der Waals surface area contributed by atoms with Crippen molar-refractivity contribution in [2.75, 3.05) is 13.7 Å². The Kier molecular flexibility index (Phi) is 5.50. The highest BCUT2D eigenvalue weighted by atomic mass is 79.9. The number of halogens is 2. The number of hydrogen-bond acceptors (Lipinski definition) is 3. The van der Waals surface area contributed by atoms with Crippen molar-refractivity contribution in [1.82, 2.24) is 4.57 Å². The fourth-order valence-corrected chi connectivity index (χ4v) is 3.93. The van der Waals surface area contributed by atoms with E-state index in [1.54, 1.807) is 25.3 Å². The van der Waals surface area contributed by atoms with Gasteiger partial charge in [-0.05, 0) is 30.3 Å². The van der Waals surface area contributed by atoms with Gasteiger partial charge in [0.1, 0.15) is 0 Å². The van der Waals surface area contributed by atoms with Gasteiger partial charge in [0.15, 0.2) is 4.80 Å². The Morgan fingerprint density at radius 1 is 1.33 bits per heavy atom. The van der Waals surface area contributed by atoms with E-state index >= 15 is 0 Å². The normalized spacial score (nSPS) is 12.0. The first kappa shape index (κ1) is 17.4. The number of carbonyl (C=O) groups is 1. The number of benzene rings is 2. The Hall–Kier alpha value is -1.47. The first-order chi connectivity index (χ1) is 11.6. The third-order valence-electron chi connectivity index (χ3n) is 3.46. The van der Waals surface area contributed by atoms with Gasteiger partial charge in [0, 0.05) is 18.1 Å². The Labute approximate surface area is 156 Å². The van der Waals surface area contributed by atoms with Crippen molar-refractivity contribution in [3.05, 3.63) is 62.3 Å². The van der Waals surface area contributed by atoms with Crippen molar-refractivity contribution in [1.29, 1.82) is 0 Å². The predicted octanol–water partition coefficient (Wildman–Crippen LogP) is 4.51. The number of para-hydroxylation sites is 1. The fraction of sp³-hybridized carbons (Fsp3) is 0.176. The van der Waals surface area contributed by atoms with Gasteiger partial charge in [-0.2, -0.15) is 4.99 Å². The van der Waals surface area contributed by atoms with Crippen LogP contribution < -0.4 is 4.80 Å². The molecule has 0 aliphatic rings.